The Morgan fingerprint density at radius 2 is 2.12 bits per heavy atom. The first-order valence-corrected chi connectivity index (χ1v) is 9.03. The van der Waals surface area contributed by atoms with Gasteiger partial charge in [0.1, 0.15) is 11.5 Å². The molecule has 2 heterocycles. The molecule has 1 unspecified atom stereocenters. The van der Waals surface area contributed by atoms with Gasteiger partial charge in [-0.25, -0.2) is 4.98 Å². The molecule has 0 aliphatic carbocycles. The molecule has 1 saturated heterocycles. The Labute approximate surface area is 154 Å². The molecule has 1 aliphatic heterocycles. The summed E-state index contributed by atoms with van der Waals surface area (Å²) in [6.45, 7) is 8.34. The first kappa shape index (κ1) is 18.5. The van der Waals surface area contributed by atoms with Crippen LogP contribution in [0.3, 0.4) is 0 Å². The minimum atomic E-state index is -0.211. The topological polar surface area (TPSA) is 81.6 Å². The zero-order chi connectivity index (χ0) is 18.8. The van der Waals surface area contributed by atoms with Gasteiger partial charge in [0.2, 0.25) is 11.8 Å². The van der Waals surface area contributed by atoms with Crippen molar-refractivity contribution in [3.8, 4) is 17.2 Å². The summed E-state index contributed by atoms with van der Waals surface area (Å²) in [6, 6.07) is 3.93. The Morgan fingerprint density at radius 1 is 1.35 bits per heavy atom. The fourth-order valence-corrected chi connectivity index (χ4v) is 3.58. The van der Waals surface area contributed by atoms with Gasteiger partial charge in [-0.15, -0.1) is 0 Å². The van der Waals surface area contributed by atoms with Crippen LogP contribution in [-0.4, -0.2) is 36.0 Å². The molecular weight excluding hydrogens is 330 g/mol. The number of ether oxygens (including phenoxy) is 1. The second-order valence-electron chi connectivity index (χ2n) is 7.06. The number of benzene rings is 1. The number of nitrogens with zero attached hydrogens (tertiary/aromatic N) is 2. The van der Waals surface area contributed by atoms with Gasteiger partial charge in [-0.1, -0.05) is 0 Å². The first-order valence-electron chi connectivity index (χ1n) is 9.03. The number of nitrogens with two attached hydrogens (primary N) is 1. The van der Waals surface area contributed by atoms with Gasteiger partial charge in [-0.3, -0.25) is 9.69 Å². The van der Waals surface area contributed by atoms with Crippen LogP contribution < -0.4 is 10.5 Å². The van der Waals surface area contributed by atoms with Gasteiger partial charge < -0.3 is 14.9 Å². The lowest BCUT2D eigenvalue weighted by Crippen LogP contribution is -2.40. The lowest BCUT2D eigenvalue weighted by molar-refractivity contribution is -0.123. The second kappa shape index (κ2) is 7.50. The fourth-order valence-electron chi connectivity index (χ4n) is 3.58. The predicted octanol–water partition coefficient (Wildman–Crippen LogP) is 2.97. The van der Waals surface area contributed by atoms with Crippen molar-refractivity contribution < 1.29 is 13.9 Å². The summed E-state index contributed by atoms with van der Waals surface area (Å²) in [6.07, 6.45) is 1.85. The van der Waals surface area contributed by atoms with Gasteiger partial charge in [-0.05, 0) is 63.4 Å². The van der Waals surface area contributed by atoms with E-state index in [1.54, 1.807) is 7.11 Å². The van der Waals surface area contributed by atoms with Gasteiger partial charge >= 0.3 is 0 Å². The molecule has 140 valence electrons. The van der Waals surface area contributed by atoms with E-state index in [0.717, 1.165) is 53.3 Å². The normalized spacial score (nSPS) is 18.1. The SMILES string of the molecule is COc1ccc(-c2nc(CN3CCCC(C(N)=O)C3)c(C)o2)c(C)c1C. The highest BCUT2D eigenvalue weighted by Crippen LogP contribution is 2.32. The first-order chi connectivity index (χ1) is 12.4. The van der Waals surface area contributed by atoms with E-state index in [9.17, 15) is 4.79 Å². The molecule has 1 atom stereocenters. The predicted molar refractivity (Wildman–Crippen MR) is 99.9 cm³/mol. The lowest BCUT2D eigenvalue weighted by atomic mass is 9.97. The molecule has 2 aromatic rings. The molecule has 0 bridgehead atoms. The van der Waals surface area contributed by atoms with E-state index in [1.807, 2.05) is 26.0 Å². The molecule has 1 amide bonds. The number of piperidine rings is 1. The van der Waals surface area contributed by atoms with E-state index in [-0.39, 0.29) is 11.8 Å². The maximum absolute atomic E-state index is 11.5. The van der Waals surface area contributed by atoms with Gasteiger partial charge in [0.05, 0.1) is 18.7 Å². The highest BCUT2D eigenvalue weighted by molar-refractivity contribution is 5.76. The number of amides is 1. The molecule has 0 radical (unpaired) electrons. The van der Waals surface area contributed by atoms with Gasteiger partial charge in [0.25, 0.3) is 0 Å². The standard InChI is InChI=1S/C20H27N3O3/c1-12-13(2)18(25-4)8-7-16(12)20-22-17(14(3)26-20)11-23-9-5-6-15(10-23)19(21)24/h7-8,15H,5-6,9-11H2,1-4H3,(H2,21,24). The zero-order valence-electron chi connectivity index (χ0n) is 16.0. The molecule has 1 aromatic heterocycles. The second-order valence-corrected chi connectivity index (χ2v) is 7.06. The third-order valence-electron chi connectivity index (χ3n) is 5.36. The summed E-state index contributed by atoms with van der Waals surface area (Å²) >= 11 is 0. The quantitative estimate of drug-likeness (QED) is 0.890. The number of carbonyl (C=O) groups is 1. The van der Waals surface area contributed by atoms with Crippen LogP contribution in [0.4, 0.5) is 0 Å². The third-order valence-corrected chi connectivity index (χ3v) is 5.36. The van der Waals surface area contributed by atoms with Crippen LogP contribution in [0.25, 0.3) is 11.5 Å². The summed E-state index contributed by atoms with van der Waals surface area (Å²) in [5, 5.41) is 0. The highest BCUT2D eigenvalue weighted by atomic mass is 16.5. The highest BCUT2D eigenvalue weighted by Gasteiger charge is 2.25. The number of likely N-dealkylation sites (tertiary alicyclic amines) is 1. The number of hydrogen-bond donors (Lipinski definition) is 1. The Balaban J connectivity index is 1.82. The molecule has 1 fully saturated rings. The van der Waals surface area contributed by atoms with Gasteiger partial charge in [-0.2, -0.15) is 0 Å². The minimum Gasteiger partial charge on any atom is -0.496 e. The van der Waals surface area contributed by atoms with Crippen molar-refractivity contribution in [1.82, 2.24) is 9.88 Å². The number of aryl methyl sites for hydroxylation is 1. The van der Waals surface area contributed by atoms with Crippen LogP contribution in [0, 0.1) is 26.7 Å². The third kappa shape index (κ3) is 3.60. The van der Waals surface area contributed by atoms with Gasteiger partial charge in [0, 0.05) is 18.7 Å². The maximum atomic E-state index is 11.5. The molecular formula is C20H27N3O3. The Hall–Kier alpha value is -2.34. The molecule has 1 aliphatic rings. The molecule has 0 saturated carbocycles. The van der Waals surface area contributed by atoms with Crippen molar-refractivity contribution in [2.24, 2.45) is 11.7 Å². The van der Waals surface area contributed by atoms with E-state index >= 15 is 0 Å². The number of primary amides is 1. The molecule has 6 heteroatoms. The summed E-state index contributed by atoms with van der Waals surface area (Å²) in [5.74, 6) is 2.03. The average Bonchev–Trinajstić information content (AvgIpc) is 2.97. The number of rotatable bonds is 5. The van der Waals surface area contributed by atoms with E-state index in [4.69, 9.17) is 19.9 Å². The fraction of sp³-hybridized carbons (Fsp3) is 0.500. The van der Waals surface area contributed by atoms with Crippen LogP contribution in [0.1, 0.15) is 35.4 Å². The van der Waals surface area contributed by atoms with E-state index in [0.29, 0.717) is 19.0 Å². The van der Waals surface area contributed by atoms with Crippen molar-refractivity contribution >= 4 is 5.91 Å². The number of oxazole rings is 1. The largest absolute Gasteiger partial charge is 0.496 e. The monoisotopic (exact) mass is 357 g/mol. The van der Waals surface area contributed by atoms with E-state index in [1.165, 1.54) is 0 Å². The van der Waals surface area contributed by atoms with Crippen molar-refractivity contribution in [2.45, 2.75) is 40.2 Å². The molecule has 6 nitrogen and oxygen atoms in total. The molecule has 1 aromatic carbocycles. The number of carbonyl (C=O) groups excluding carboxylic acids is 1. The van der Waals surface area contributed by atoms with E-state index in [2.05, 4.69) is 11.8 Å². The van der Waals surface area contributed by atoms with Crippen LogP contribution in [0.5, 0.6) is 5.75 Å². The summed E-state index contributed by atoms with van der Waals surface area (Å²) in [7, 11) is 1.67. The molecule has 26 heavy (non-hydrogen) atoms. The summed E-state index contributed by atoms with van der Waals surface area (Å²) < 4.78 is 11.3. The zero-order valence-corrected chi connectivity index (χ0v) is 16.0. The Bertz CT molecular complexity index is 813. The smallest absolute Gasteiger partial charge is 0.226 e. The van der Waals surface area contributed by atoms with Gasteiger partial charge in [0.15, 0.2) is 0 Å². The van der Waals surface area contributed by atoms with E-state index < -0.39 is 0 Å². The van der Waals surface area contributed by atoms with Crippen molar-refractivity contribution in [1.29, 1.82) is 0 Å². The van der Waals surface area contributed by atoms with Crippen molar-refractivity contribution in [3.63, 3.8) is 0 Å². The summed E-state index contributed by atoms with van der Waals surface area (Å²) in [4.78, 5) is 18.5. The molecule has 0 spiro atoms. The minimum absolute atomic E-state index is 0.0677. The number of methoxy groups -OCH3 is 1. The maximum Gasteiger partial charge on any atom is 0.226 e. The van der Waals surface area contributed by atoms with Crippen LogP contribution in [0.2, 0.25) is 0 Å². The summed E-state index contributed by atoms with van der Waals surface area (Å²) in [5.41, 5.74) is 9.56. The molecule has 3 rings (SSSR count). The Morgan fingerprint density at radius 3 is 2.81 bits per heavy atom. The molecule has 2 N–H and O–H groups in total. The average molecular weight is 357 g/mol. The van der Waals surface area contributed by atoms with Crippen molar-refractivity contribution in [2.75, 3.05) is 20.2 Å². The number of hydrogen-bond acceptors (Lipinski definition) is 5. The van der Waals surface area contributed by atoms with Crippen LogP contribution >= 0.6 is 0 Å². The van der Waals surface area contributed by atoms with Crippen LogP contribution in [-0.2, 0) is 11.3 Å². The van der Waals surface area contributed by atoms with Crippen molar-refractivity contribution in [3.05, 3.63) is 34.7 Å². The lowest BCUT2D eigenvalue weighted by Gasteiger charge is -2.30. The van der Waals surface area contributed by atoms with Crippen LogP contribution in [0.15, 0.2) is 16.5 Å². The Kier molecular flexibility index (Phi) is 5.32. The number of aromatic nitrogens is 1.